The van der Waals surface area contributed by atoms with Crippen LogP contribution in [0.25, 0.3) is 0 Å². The Bertz CT molecular complexity index is 510. The molecule has 1 saturated heterocycles. The van der Waals surface area contributed by atoms with Crippen molar-refractivity contribution < 1.29 is 9.53 Å². The fourth-order valence-electron chi connectivity index (χ4n) is 2.98. The second-order valence-electron chi connectivity index (χ2n) is 7.93. The van der Waals surface area contributed by atoms with E-state index in [1.54, 1.807) is 11.3 Å². The molecule has 130 valence electrons. The quantitative estimate of drug-likeness (QED) is 0.882. The Labute approximate surface area is 144 Å². The van der Waals surface area contributed by atoms with Gasteiger partial charge in [0, 0.05) is 30.6 Å². The second-order valence-corrected chi connectivity index (χ2v) is 8.91. The molecule has 2 unspecified atom stereocenters. The fraction of sp³-hybridized carbons (Fsp3) is 0.722. The molecule has 2 rings (SSSR count). The number of piperidine rings is 1. The van der Waals surface area contributed by atoms with Crippen molar-refractivity contribution in [2.45, 2.75) is 59.1 Å². The number of ether oxygens (including phenoxy) is 1. The van der Waals surface area contributed by atoms with Gasteiger partial charge in [0.1, 0.15) is 5.60 Å². The molecule has 1 aliphatic heterocycles. The first-order valence-electron chi connectivity index (χ1n) is 8.43. The van der Waals surface area contributed by atoms with Gasteiger partial charge in [0.05, 0.1) is 0 Å². The van der Waals surface area contributed by atoms with Gasteiger partial charge in [-0.15, -0.1) is 11.3 Å². The van der Waals surface area contributed by atoms with E-state index in [1.807, 2.05) is 25.7 Å². The molecule has 1 N–H and O–H groups in total. The molecule has 0 aromatic carbocycles. The van der Waals surface area contributed by atoms with Gasteiger partial charge < -0.3 is 15.0 Å². The van der Waals surface area contributed by atoms with Crippen LogP contribution >= 0.6 is 11.3 Å². The molecule has 1 amide bonds. The number of likely N-dealkylation sites (tertiary alicyclic amines) is 1. The zero-order valence-corrected chi connectivity index (χ0v) is 15.8. The third-order valence-electron chi connectivity index (χ3n) is 4.24. The summed E-state index contributed by atoms with van der Waals surface area (Å²) in [5.41, 5.74) is -0.336. The average Bonchev–Trinajstić information content (AvgIpc) is 2.97. The molecule has 5 heteroatoms. The number of carbonyl (C=O) groups is 1. The molecular weight excluding hydrogens is 308 g/mol. The number of nitrogens with one attached hydrogen (secondary N) is 1. The van der Waals surface area contributed by atoms with Gasteiger partial charge in [-0.05, 0) is 57.4 Å². The SMILES string of the molecule is CC(NCC1(C)CCCN(C(=O)OC(C)(C)C)C1)c1cccs1. The van der Waals surface area contributed by atoms with E-state index in [2.05, 4.69) is 36.7 Å². The van der Waals surface area contributed by atoms with Crippen molar-refractivity contribution in [1.29, 1.82) is 0 Å². The van der Waals surface area contributed by atoms with Crippen molar-refractivity contribution in [2.24, 2.45) is 5.41 Å². The van der Waals surface area contributed by atoms with Crippen molar-refractivity contribution in [3.63, 3.8) is 0 Å². The van der Waals surface area contributed by atoms with Crippen LogP contribution in [0.5, 0.6) is 0 Å². The summed E-state index contributed by atoms with van der Waals surface area (Å²) in [6.07, 6.45) is 1.98. The summed E-state index contributed by atoms with van der Waals surface area (Å²) < 4.78 is 5.52. The topological polar surface area (TPSA) is 41.6 Å². The van der Waals surface area contributed by atoms with Crippen LogP contribution in [0.1, 0.15) is 58.4 Å². The highest BCUT2D eigenvalue weighted by Gasteiger charge is 2.35. The first-order chi connectivity index (χ1) is 10.7. The van der Waals surface area contributed by atoms with E-state index in [1.165, 1.54) is 4.88 Å². The maximum absolute atomic E-state index is 12.3. The molecule has 2 atom stereocenters. The average molecular weight is 339 g/mol. The summed E-state index contributed by atoms with van der Waals surface area (Å²) >= 11 is 1.78. The predicted molar refractivity (Wildman–Crippen MR) is 95.9 cm³/mol. The third kappa shape index (κ3) is 5.50. The number of rotatable bonds is 4. The lowest BCUT2D eigenvalue weighted by atomic mass is 9.81. The normalized spacial score (nSPS) is 23.6. The van der Waals surface area contributed by atoms with Crippen molar-refractivity contribution in [3.05, 3.63) is 22.4 Å². The van der Waals surface area contributed by atoms with Gasteiger partial charge in [-0.25, -0.2) is 4.79 Å². The monoisotopic (exact) mass is 338 g/mol. The van der Waals surface area contributed by atoms with E-state index in [0.29, 0.717) is 6.04 Å². The van der Waals surface area contributed by atoms with E-state index in [4.69, 9.17) is 4.74 Å². The van der Waals surface area contributed by atoms with Gasteiger partial charge in [0.25, 0.3) is 0 Å². The molecule has 0 radical (unpaired) electrons. The predicted octanol–water partition coefficient (Wildman–Crippen LogP) is 4.44. The zero-order valence-electron chi connectivity index (χ0n) is 15.0. The summed E-state index contributed by atoms with van der Waals surface area (Å²) in [5, 5.41) is 5.75. The summed E-state index contributed by atoms with van der Waals surface area (Å²) in [6, 6.07) is 4.60. The number of carbonyl (C=O) groups excluding carboxylic acids is 1. The van der Waals surface area contributed by atoms with Crippen LogP contribution < -0.4 is 5.32 Å². The first-order valence-corrected chi connectivity index (χ1v) is 9.31. The van der Waals surface area contributed by atoms with Gasteiger partial charge in [-0.1, -0.05) is 13.0 Å². The van der Waals surface area contributed by atoms with Crippen LogP contribution in [0.4, 0.5) is 4.79 Å². The highest BCUT2D eigenvalue weighted by Crippen LogP contribution is 2.31. The molecule has 0 aliphatic carbocycles. The molecular formula is C18H30N2O2S. The molecule has 23 heavy (non-hydrogen) atoms. The van der Waals surface area contributed by atoms with Crippen molar-refractivity contribution in [1.82, 2.24) is 10.2 Å². The van der Waals surface area contributed by atoms with Crippen LogP contribution in [-0.4, -0.2) is 36.2 Å². The van der Waals surface area contributed by atoms with Gasteiger partial charge in [-0.2, -0.15) is 0 Å². The highest BCUT2D eigenvalue weighted by molar-refractivity contribution is 7.10. The van der Waals surface area contributed by atoms with Gasteiger partial charge in [0.15, 0.2) is 0 Å². The van der Waals surface area contributed by atoms with Crippen LogP contribution in [0, 0.1) is 5.41 Å². The maximum Gasteiger partial charge on any atom is 0.410 e. The Balaban J connectivity index is 1.89. The number of nitrogens with zero attached hydrogens (tertiary/aromatic N) is 1. The molecule has 1 fully saturated rings. The lowest BCUT2D eigenvalue weighted by molar-refractivity contribution is 0.00654. The zero-order chi connectivity index (χ0) is 17.1. The van der Waals surface area contributed by atoms with Crippen molar-refractivity contribution in [2.75, 3.05) is 19.6 Å². The molecule has 0 saturated carbocycles. The van der Waals surface area contributed by atoms with Crippen molar-refractivity contribution in [3.8, 4) is 0 Å². The molecule has 0 bridgehead atoms. The lowest BCUT2D eigenvalue weighted by Gasteiger charge is -2.41. The molecule has 1 aromatic rings. The fourth-order valence-corrected chi connectivity index (χ4v) is 3.74. The van der Waals surface area contributed by atoms with Gasteiger partial charge >= 0.3 is 6.09 Å². The first kappa shape index (κ1) is 18.3. The minimum Gasteiger partial charge on any atom is -0.444 e. The standard InChI is InChI=1S/C18H30N2O2S/c1-14(15-8-6-11-23-15)19-12-18(5)9-7-10-20(13-18)16(21)22-17(2,3)4/h6,8,11,14,19H,7,9-10,12-13H2,1-5H3. The molecule has 1 aromatic heterocycles. The molecule has 2 heterocycles. The largest absolute Gasteiger partial charge is 0.444 e. The molecule has 0 spiro atoms. The Morgan fingerprint density at radius 1 is 1.52 bits per heavy atom. The minimum atomic E-state index is -0.434. The number of amides is 1. The van der Waals surface area contributed by atoms with Gasteiger partial charge in [-0.3, -0.25) is 0 Å². The Morgan fingerprint density at radius 2 is 2.26 bits per heavy atom. The van der Waals surface area contributed by atoms with Crippen molar-refractivity contribution >= 4 is 17.4 Å². The summed E-state index contributed by atoms with van der Waals surface area (Å²) in [6.45, 7) is 12.7. The summed E-state index contributed by atoms with van der Waals surface area (Å²) in [7, 11) is 0. The van der Waals surface area contributed by atoms with Crippen LogP contribution in [-0.2, 0) is 4.74 Å². The van der Waals surface area contributed by atoms with E-state index < -0.39 is 5.60 Å². The highest BCUT2D eigenvalue weighted by atomic mass is 32.1. The third-order valence-corrected chi connectivity index (χ3v) is 5.29. The number of hydrogen-bond donors (Lipinski definition) is 1. The maximum atomic E-state index is 12.3. The Morgan fingerprint density at radius 3 is 2.87 bits per heavy atom. The lowest BCUT2D eigenvalue weighted by Crippen LogP contribution is -2.50. The van der Waals surface area contributed by atoms with E-state index in [-0.39, 0.29) is 11.5 Å². The van der Waals surface area contributed by atoms with Crippen LogP contribution in [0.3, 0.4) is 0 Å². The second kappa shape index (κ2) is 7.22. The molecule has 1 aliphatic rings. The Kier molecular flexibility index (Phi) is 5.74. The number of thiophene rings is 1. The Hall–Kier alpha value is -1.07. The smallest absolute Gasteiger partial charge is 0.410 e. The number of hydrogen-bond acceptors (Lipinski definition) is 4. The molecule has 4 nitrogen and oxygen atoms in total. The van der Waals surface area contributed by atoms with Gasteiger partial charge in [0.2, 0.25) is 0 Å². The van der Waals surface area contributed by atoms with E-state index in [9.17, 15) is 4.79 Å². The van der Waals surface area contributed by atoms with E-state index >= 15 is 0 Å². The summed E-state index contributed by atoms with van der Waals surface area (Å²) in [5.74, 6) is 0. The summed E-state index contributed by atoms with van der Waals surface area (Å²) in [4.78, 5) is 15.5. The van der Waals surface area contributed by atoms with Crippen LogP contribution in [0.15, 0.2) is 17.5 Å². The van der Waals surface area contributed by atoms with Crippen LogP contribution in [0.2, 0.25) is 0 Å². The minimum absolute atomic E-state index is 0.0979. The van der Waals surface area contributed by atoms with E-state index in [0.717, 1.165) is 32.5 Å².